The summed E-state index contributed by atoms with van der Waals surface area (Å²) in [7, 11) is 0. The number of carbonyl (C=O) groups is 1. The maximum Gasteiger partial charge on any atom is 0.417 e. The Kier molecular flexibility index (Phi) is 7.83. The molecule has 1 unspecified atom stereocenters. The van der Waals surface area contributed by atoms with Crippen LogP contribution >= 0.6 is 11.8 Å². The Balaban J connectivity index is 1.48. The number of nitrogens with zero attached hydrogens (tertiary/aromatic N) is 5. The highest BCUT2D eigenvalue weighted by Gasteiger charge is 2.43. The normalized spacial score (nSPS) is 23.3. The summed E-state index contributed by atoms with van der Waals surface area (Å²) in [6.07, 6.45) is -2.61. The van der Waals surface area contributed by atoms with Crippen molar-refractivity contribution in [3.8, 4) is 11.1 Å². The summed E-state index contributed by atoms with van der Waals surface area (Å²) in [6.45, 7) is 5.91. The van der Waals surface area contributed by atoms with Gasteiger partial charge in [-0.2, -0.15) is 18.2 Å². The Labute approximate surface area is 263 Å². The Hall–Kier alpha value is -3.56. The van der Waals surface area contributed by atoms with Crippen LogP contribution in [0.5, 0.6) is 0 Å². The van der Waals surface area contributed by atoms with E-state index in [0.29, 0.717) is 38.2 Å². The molecule has 8 nitrogen and oxygen atoms in total. The molecule has 2 aromatic carbocycles. The average Bonchev–Trinajstić information content (AvgIpc) is 3.57. The Morgan fingerprint density at radius 2 is 1.80 bits per heavy atom. The SMILES string of the molecule is C=CC(=O)N1CCN(c2nc(=O)n3c4c(c(-c5c(F)cc(F)cc5F)c(C(F)(F)F)cc24)SCCC3CN2C[C@@H]3C[C@H]2CO3)CC1. The second kappa shape index (κ2) is 11.6. The van der Waals surface area contributed by atoms with Gasteiger partial charge in [-0.25, -0.2) is 18.0 Å². The highest BCUT2D eigenvalue weighted by molar-refractivity contribution is 7.99. The molecule has 0 aliphatic carbocycles. The second-order valence-electron chi connectivity index (χ2n) is 12.0. The van der Waals surface area contributed by atoms with E-state index >= 15 is 8.78 Å². The largest absolute Gasteiger partial charge is 0.417 e. The van der Waals surface area contributed by atoms with Crippen molar-refractivity contribution in [3.63, 3.8) is 0 Å². The number of fused-ring (bicyclic) bond motifs is 2. The molecule has 7 rings (SSSR count). The van der Waals surface area contributed by atoms with Crippen molar-refractivity contribution in [2.45, 2.75) is 42.1 Å². The average molecular weight is 666 g/mol. The Morgan fingerprint density at radius 3 is 2.41 bits per heavy atom. The molecule has 3 atom stereocenters. The molecule has 1 aromatic heterocycles. The molecule has 0 radical (unpaired) electrons. The van der Waals surface area contributed by atoms with Crippen molar-refractivity contribution in [2.75, 3.05) is 56.5 Å². The predicted octanol–water partition coefficient (Wildman–Crippen LogP) is 4.84. The number of hydrogen-bond donors (Lipinski definition) is 0. The lowest BCUT2D eigenvalue weighted by atomic mass is 9.95. The van der Waals surface area contributed by atoms with Crippen molar-refractivity contribution >= 4 is 34.4 Å². The third kappa shape index (κ3) is 5.25. The fraction of sp³-hybridized carbons (Fsp3) is 0.452. The van der Waals surface area contributed by atoms with E-state index in [0.717, 1.165) is 24.2 Å². The molecule has 15 heteroatoms. The summed E-state index contributed by atoms with van der Waals surface area (Å²) in [5, 5.41) is 0.00257. The van der Waals surface area contributed by atoms with Crippen LogP contribution in [-0.2, 0) is 15.7 Å². The van der Waals surface area contributed by atoms with Gasteiger partial charge in [0.1, 0.15) is 23.3 Å². The van der Waals surface area contributed by atoms with Gasteiger partial charge < -0.3 is 14.5 Å². The quantitative estimate of drug-likeness (QED) is 0.286. The highest BCUT2D eigenvalue weighted by atomic mass is 32.2. The lowest BCUT2D eigenvalue weighted by molar-refractivity contribution is -0.137. The lowest BCUT2D eigenvalue weighted by Crippen LogP contribution is -2.49. The molecule has 0 spiro atoms. The number of alkyl halides is 3. The van der Waals surface area contributed by atoms with Gasteiger partial charge in [-0.15, -0.1) is 11.8 Å². The molecule has 0 saturated carbocycles. The van der Waals surface area contributed by atoms with E-state index in [1.807, 2.05) is 0 Å². The summed E-state index contributed by atoms with van der Waals surface area (Å²) in [6, 6.07) is 1.14. The summed E-state index contributed by atoms with van der Waals surface area (Å²) < 4.78 is 96.4. The number of ether oxygens (including phenoxy) is 1. The number of benzene rings is 2. The number of thioether (sulfide) groups is 1. The zero-order valence-corrected chi connectivity index (χ0v) is 25.3. The van der Waals surface area contributed by atoms with E-state index in [-0.39, 0.29) is 71.6 Å². The summed E-state index contributed by atoms with van der Waals surface area (Å²) in [5.74, 6) is -4.30. The van der Waals surface area contributed by atoms with E-state index in [2.05, 4.69) is 16.5 Å². The zero-order chi connectivity index (χ0) is 32.5. The van der Waals surface area contributed by atoms with E-state index in [1.54, 1.807) is 4.90 Å². The van der Waals surface area contributed by atoms with Gasteiger partial charge >= 0.3 is 11.9 Å². The van der Waals surface area contributed by atoms with Gasteiger partial charge in [-0.1, -0.05) is 6.58 Å². The van der Waals surface area contributed by atoms with Gasteiger partial charge in [-0.3, -0.25) is 14.3 Å². The molecular weight excluding hydrogens is 636 g/mol. The minimum absolute atomic E-state index is 0.00257. The minimum Gasteiger partial charge on any atom is -0.375 e. The number of hydrogen-bond acceptors (Lipinski definition) is 7. The Bertz CT molecular complexity index is 1790. The molecule has 244 valence electrons. The molecular formula is C31H29F6N5O3S. The van der Waals surface area contributed by atoms with Crippen LogP contribution in [0, 0.1) is 17.5 Å². The van der Waals surface area contributed by atoms with Crippen molar-refractivity contribution < 1.29 is 35.9 Å². The number of piperazine rings is 1. The van der Waals surface area contributed by atoms with Crippen LogP contribution in [0.2, 0.25) is 0 Å². The molecule has 0 N–H and O–H groups in total. The molecule has 4 aliphatic rings. The third-order valence-corrected chi connectivity index (χ3v) is 10.4. The van der Waals surface area contributed by atoms with Gasteiger partial charge in [-0.05, 0) is 25.0 Å². The van der Waals surface area contributed by atoms with Gasteiger partial charge in [0, 0.05) is 79.0 Å². The first-order chi connectivity index (χ1) is 21.9. The number of amides is 1. The monoisotopic (exact) mass is 665 g/mol. The van der Waals surface area contributed by atoms with Crippen LogP contribution in [-0.4, -0.2) is 89.0 Å². The summed E-state index contributed by atoms with van der Waals surface area (Å²) in [5.41, 5.74) is -3.72. The molecule has 3 fully saturated rings. The van der Waals surface area contributed by atoms with Crippen LogP contribution in [0.25, 0.3) is 22.0 Å². The van der Waals surface area contributed by atoms with E-state index in [9.17, 15) is 27.2 Å². The van der Waals surface area contributed by atoms with Crippen molar-refractivity contribution in [1.82, 2.24) is 19.4 Å². The first-order valence-corrected chi connectivity index (χ1v) is 15.9. The van der Waals surface area contributed by atoms with Gasteiger partial charge in [0.05, 0.1) is 35.4 Å². The molecule has 46 heavy (non-hydrogen) atoms. The van der Waals surface area contributed by atoms with Crippen LogP contribution in [0.4, 0.5) is 32.2 Å². The van der Waals surface area contributed by atoms with Crippen LogP contribution < -0.4 is 10.6 Å². The second-order valence-corrected chi connectivity index (χ2v) is 13.1. The molecule has 2 bridgehead atoms. The fourth-order valence-electron chi connectivity index (χ4n) is 7.17. The molecule has 3 saturated heterocycles. The maximum absolute atomic E-state index is 15.3. The van der Waals surface area contributed by atoms with E-state index < -0.39 is 52.0 Å². The maximum atomic E-state index is 15.3. The zero-order valence-electron chi connectivity index (χ0n) is 24.5. The number of likely N-dealkylation sites (tertiary alicyclic amines) is 1. The number of halogens is 6. The number of carbonyl (C=O) groups excluding carboxylic acids is 1. The van der Waals surface area contributed by atoms with Crippen LogP contribution in [0.1, 0.15) is 24.4 Å². The topological polar surface area (TPSA) is 70.9 Å². The number of rotatable bonds is 5. The van der Waals surface area contributed by atoms with Gasteiger partial charge in [0.15, 0.2) is 0 Å². The molecule has 1 amide bonds. The number of aromatic nitrogens is 2. The molecule has 4 aliphatic heterocycles. The summed E-state index contributed by atoms with van der Waals surface area (Å²) in [4.78, 5) is 35.8. The van der Waals surface area contributed by atoms with E-state index in [4.69, 9.17) is 4.74 Å². The standard InChI is InChI=1S/C31H29F6N5O3S/c1-2-24(43)39-4-6-40(7-5-39)29-20-12-21(31(35,36)37)25(26-22(33)9-16(32)10-23(26)34)28-27(20)42(30(44)38-29)17(3-8-46-28)13-41-14-19-11-18(41)15-45-19/h2,9-10,12,17-19H,1,3-8,11,13-15H2/t17?,18-,19-/m0/s1. The highest BCUT2D eigenvalue weighted by Crippen LogP contribution is 2.50. The van der Waals surface area contributed by atoms with Crippen molar-refractivity contribution in [1.29, 1.82) is 0 Å². The van der Waals surface area contributed by atoms with Crippen LogP contribution in [0.15, 0.2) is 40.5 Å². The third-order valence-electron chi connectivity index (χ3n) is 9.29. The van der Waals surface area contributed by atoms with Crippen molar-refractivity contribution in [3.05, 3.63) is 64.4 Å². The van der Waals surface area contributed by atoms with Crippen LogP contribution in [0.3, 0.4) is 0 Å². The fourth-order valence-corrected chi connectivity index (χ4v) is 8.47. The van der Waals surface area contributed by atoms with Gasteiger partial charge in [0.2, 0.25) is 5.91 Å². The first-order valence-electron chi connectivity index (χ1n) is 14.9. The Morgan fingerprint density at radius 1 is 1.09 bits per heavy atom. The first kappa shape index (κ1) is 31.1. The predicted molar refractivity (Wildman–Crippen MR) is 159 cm³/mol. The summed E-state index contributed by atoms with van der Waals surface area (Å²) >= 11 is 0.983. The van der Waals surface area contributed by atoms with E-state index in [1.165, 1.54) is 15.5 Å². The van der Waals surface area contributed by atoms with Crippen molar-refractivity contribution in [2.24, 2.45) is 0 Å². The lowest BCUT2D eigenvalue weighted by Gasteiger charge is -2.36. The van der Waals surface area contributed by atoms with Gasteiger partial charge in [0.25, 0.3) is 0 Å². The number of morpholine rings is 1. The smallest absolute Gasteiger partial charge is 0.375 e. The minimum atomic E-state index is -5.08. The molecule has 5 heterocycles. The number of anilines is 1. The molecule has 3 aromatic rings.